The molecule has 0 radical (unpaired) electrons. The molecule has 0 unspecified atom stereocenters. The maximum Gasteiger partial charge on any atom is 0.391 e. The van der Waals surface area contributed by atoms with E-state index in [9.17, 15) is 23.3 Å². The van der Waals surface area contributed by atoms with Crippen LogP contribution < -0.4 is 4.90 Å². The normalized spacial score (nSPS) is 17.3. The third-order valence-corrected chi connectivity index (χ3v) is 3.53. The minimum absolute atomic E-state index is 0.0727. The summed E-state index contributed by atoms with van der Waals surface area (Å²) in [5.74, 6) is -1.35. The summed E-state index contributed by atoms with van der Waals surface area (Å²) in [6.45, 7) is 0.205. The van der Waals surface area contributed by atoms with E-state index in [1.54, 1.807) is 4.90 Å². The fourth-order valence-corrected chi connectivity index (χ4v) is 2.41. The van der Waals surface area contributed by atoms with Crippen molar-refractivity contribution in [2.45, 2.75) is 19.0 Å². The third-order valence-electron chi connectivity index (χ3n) is 3.32. The summed E-state index contributed by atoms with van der Waals surface area (Å²) in [4.78, 5) is 15.5. The summed E-state index contributed by atoms with van der Waals surface area (Å²) in [5, 5.41) is 11.0. The van der Waals surface area contributed by atoms with Crippen LogP contribution >= 0.6 is 11.6 Å². The Hall–Kier alpha value is -1.57. The van der Waals surface area contributed by atoms with E-state index in [-0.39, 0.29) is 42.5 Å². The zero-order valence-electron chi connectivity index (χ0n) is 10.2. The fourth-order valence-electron chi connectivity index (χ4n) is 2.25. The lowest BCUT2D eigenvalue weighted by Gasteiger charge is -2.33. The lowest BCUT2D eigenvalue weighted by Crippen LogP contribution is -2.39. The van der Waals surface area contributed by atoms with Crippen molar-refractivity contribution in [1.82, 2.24) is 4.98 Å². The van der Waals surface area contributed by atoms with Crippen molar-refractivity contribution in [3.8, 4) is 0 Å². The van der Waals surface area contributed by atoms with E-state index in [1.807, 2.05) is 0 Å². The Labute approximate surface area is 117 Å². The van der Waals surface area contributed by atoms with Crippen molar-refractivity contribution in [3.63, 3.8) is 0 Å². The molecule has 1 aliphatic rings. The van der Waals surface area contributed by atoms with E-state index >= 15 is 0 Å². The number of piperidine rings is 1. The first-order valence-electron chi connectivity index (χ1n) is 5.90. The Morgan fingerprint density at radius 1 is 1.40 bits per heavy atom. The Kier molecular flexibility index (Phi) is 4.03. The number of rotatable bonds is 2. The first-order valence-corrected chi connectivity index (χ1v) is 6.28. The molecule has 0 bridgehead atoms. The van der Waals surface area contributed by atoms with Gasteiger partial charge in [-0.05, 0) is 12.8 Å². The van der Waals surface area contributed by atoms with Crippen molar-refractivity contribution in [2.75, 3.05) is 18.0 Å². The van der Waals surface area contributed by atoms with Gasteiger partial charge in [0.2, 0.25) is 0 Å². The monoisotopic (exact) mass is 309 g/mol. The highest BCUT2D eigenvalue weighted by molar-refractivity contribution is 6.29. The van der Waals surface area contributed by atoms with Crippen LogP contribution in [-0.4, -0.2) is 29.2 Å². The summed E-state index contributed by atoms with van der Waals surface area (Å²) < 4.78 is 37.8. The second-order valence-electron chi connectivity index (χ2n) is 4.56. The second kappa shape index (κ2) is 5.43. The molecule has 1 aromatic rings. The van der Waals surface area contributed by atoms with Crippen LogP contribution in [-0.2, 0) is 0 Å². The smallest absolute Gasteiger partial charge is 0.366 e. The highest BCUT2D eigenvalue weighted by atomic mass is 35.5. The molecule has 110 valence electrons. The number of anilines is 1. The highest BCUT2D eigenvalue weighted by Crippen LogP contribution is 2.37. The van der Waals surface area contributed by atoms with Gasteiger partial charge in [0.25, 0.3) is 0 Å². The second-order valence-corrected chi connectivity index (χ2v) is 4.94. The zero-order valence-corrected chi connectivity index (χ0v) is 11.0. The Bertz CT molecular complexity index is 516. The van der Waals surface area contributed by atoms with Gasteiger partial charge in [0.1, 0.15) is 17.0 Å². The molecule has 9 heteroatoms. The SMILES string of the molecule is O=[N+]([O-])c1cnc(Cl)cc1N1CCC(C(F)(F)F)CC1. The fraction of sp³-hybridized carbons (Fsp3) is 0.545. The number of pyridine rings is 1. The molecule has 20 heavy (non-hydrogen) atoms. The van der Waals surface area contributed by atoms with Crippen LogP contribution in [0.5, 0.6) is 0 Å². The number of halogens is 4. The molecule has 0 saturated carbocycles. The molecule has 1 aliphatic heterocycles. The Morgan fingerprint density at radius 2 is 2.00 bits per heavy atom. The van der Waals surface area contributed by atoms with Crippen LogP contribution in [0.2, 0.25) is 5.15 Å². The molecule has 0 amide bonds. The number of hydrogen-bond acceptors (Lipinski definition) is 4. The molecule has 2 heterocycles. The standard InChI is InChI=1S/C11H11ClF3N3O2/c12-10-5-8(9(6-16-10)18(19)20)17-3-1-7(2-4-17)11(13,14)15/h5-7H,1-4H2. The number of nitrogens with zero attached hydrogens (tertiary/aromatic N) is 3. The van der Waals surface area contributed by atoms with Gasteiger partial charge in [-0.2, -0.15) is 13.2 Å². The van der Waals surface area contributed by atoms with Gasteiger partial charge in [-0.1, -0.05) is 11.6 Å². The average Bonchev–Trinajstić information content (AvgIpc) is 2.37. The van der Waals surface area contributed by atoms with Crippen molar-refractivity contribution >= 4 is 23.0 Å². The number of aromatic nitrogens is 1. The van der Waals surface area contributed by atoms with Crippen LogP contribution in [0.1, 0.15) is 12.8 Å². The molecule has 0 aromatic carbocycles. The number of nitro groups is 1. The quantitative estimate of drug-likeness (QED) is 0.477. The lowest BCUT2D eigenvalue weighted by molar-refractivity contribution is -0.384. The van der Waals surface area contributed by atoms with Gasteiger partial charge in [0, 0.05) is 19.2 Å². The molecule has 0 N–H and O–H groups in total. The highest BCUT2D eigenvalue weighted by Gasteiger charge is 2.41. The van der Waals surface area contributed by atoms with E-state index in [2.05, 4.69) is 4.98 Å². The van der Waals surface area contributed by atoms with Crippen molar-refractivity contribution in [3.05, 3.63) is 27.5 Å². The summed E-state index contributed by atoms with van der Waals surface area (Å²) in [6, 6.07) is 1.31. The summed E-state index contributed by atoms with van der Waals surface area (Å²) >= 11 is 5.70. The zero-order chi connectivity index (χ0) is 14.9. The largest absolute Gasteiger partial charge is 0.391 e. The first-order chi connectivity index (χ1) is 9.29. The van der Waals surface area contributed by atoms with E-state index < -0.39 is 17.0 Å². The van der Waals surface area contributed by atoms with Crippen molar-refractivity contribution in [2.24, 2.45) is 5.92 Å². The van der Waals surface area contributed by atoms with Gasteiger partial charge < -0.3 is 4.90 Å². The minimum atomic E-state index is -4.21. The van der Waals surface area contributed by atoms with Gasteiger partial charge >= 0.3 is 11.9 Å². The average molecular weight is 310 g/mol. The van der Waals surface area contributed by atoms with Gasteiger partial charge in [0.15, 0.2) is 0 Å². The van der Waals surface area contributed by atoms with Crippen LogP contribution in [0.4, 0.5) is 24.5 Å². The predicted molar refractivity (Wildman–Crippen MR) is 66.9 cm³/mol. The van der Waals surface area contributed by atoms with Crippen molar-refractivity contribution < 1.29 is 18.1 Å². The number of alkyl halides is 3. The molecule has 0 atom stereocenters. The van der Waals surface area contributed by atoms with Crippen LogP contribution in [0.15, 0.2) is 12.3 Å². The van der Waals surface area contributed by atoms with Gasteiger partial charge in [-0.25, -0.2) is 4.98 Å². The maximum atomic E-state index is 12.6. The van der Waals surface area contributed by atoms with Gasteiger partial charge in [-0.15, -0.1) is 0 Å². The van der Waals surface area contributed by atoms with E-state index in [0.29, 0.717) is 0 Å². The van der Waals surface area contributed by atoms with E-state index in [0.717, 1.165) is 6.20 Å². The Balaban J connectivity index is 2.18. The summed E-state index contributed by atoms with van der Waals surface area (Å²) in [5.41, 5.74) is -0.0320. The predicted octanol–water partition coefficient (Wildman–Crippen LogP) is 3.42. The molecule has 5 nitrogen and oxygen atoms in total. The van der Waals surface area contributed by atoms with E-state index in [1.165, 1.54) is 6.07 Å². The molecule has 1 aromatic heterocycles. The molecule has 1 saturated heterocycles. The molecular weight excluding hydrogens is 299 g/mol. The number of hydrogen-bond donors (Lipinski definition) is 0. The molecule has 2 rings (SSSR count). The molecule has 0 spiro atoms. The van der Waals surface area contributed by atoms with Crippen molar-refractivity contribution in [1.29, 1.82) is 0 Å². The third kappa shape index (κ3) is 3.12. The minimum Gasteiger partial charge on any atom is -0.366 e. The van der Waals surface area contributed by atoms with Gasteiger partial charge in [0.05, 0.1) is 10.8 Å². The lowest BCUT2D eigenvalue weighted by atomic mass is 9.96. The maximum absolute atomic E-state index is 12.6. The van der Waals surface area contributed by atoms with Crippen LogP contribution in [0, 0.1) is 16.0 Å². The van der Waals surface area contributed by atoms with Crippen LogP contribution in [0.25, 0.3) is 0 Å². The van der Waals surface area contributed by atoms with Crippen LogP contribution in [0.3, 0.4) is 0 Å². The Morgan fingerprint density at radius 3 is 2.50 bits per heavy atom. The van der Waals surface area contributed by atoms with E-state index in [4.69, 9.17) is 11.6 Å². The first kappa shape index (κ1) is 14.8. The molecule has 0 aliphatic carbocycles. The summed E-state index contributed by atoms with van der Waals surface area (Å²) in [6.07, 6.45) is -3.36. The molecular formula is C11H11ClF3N3O2. The topological polar surface area (TPSA) is 59.3 Å². The van der Waals surface area contributed by atoms with Gasteiger partial charge in [-0.3, -0.25) is 10.1 Å². The summed E-state index contributed by atoms with van der Waals surface area (Å²) in [7, 11) is 0. The molecule has 1 fully saturated rings.